The second-order valence-corrected chi connectivity index (χ2v) is 3.99. The highest BCUT2D eigenvalue weighted by atomic mass is 16.5. The van der Waals surface area contributed by atoms with E-state index in [0.29, 0.717) is 11.8 Å². The van der Waals surface area contributed by atoms with E-state index in [9.17, 15) is 0 Å². The zero-order valence-corrected chi connectivity index (χ0v) is 9.12. The van der Waals surface area contributed by atoms with E-state index in [0.717, 1.165) is 26.1 Å². The fourth-order valence-corrected chi connectivity index (χ4v) is 1.25. The molecule has 1 heteroatoms. The first-order valence-electron chi connectivity index (χ1n) is 5.33. The van der Waals surface area contributed by atoms with E-state index >= 15 is 0 Å². The van der Waals surface area contributed by atoms with Crippen molar-refractivity contribution in [2.24, 2.45) is 11.8 Å². The average Bonchev–Trinajstić information content (AvgIpc) is 2.99. The molecule has 0 bridgehead atoms. The Bertz CT molecular complexity index is 234. The molecule has 77 valence electrons. The molecule has 0 heterocycles. The van der Waals surface area contributed by atoms with E-state index in [4.69, 9.17) is 11.2 Å². The maximum Gasteiger partial charge on any atom is 0.0477 e. The summed E-state index contributed by atoms with van der Waals surface area (Å²) in [5, 5.41) is 0. The highest BCUT2D eigenvalue weighted by molar-refractivity contribution is 5.40. The van der Waals surface area contributed by atoms with Gasteiger partial charge in [-0.3, -0.25) is 0 Å². The molecule has 0 aliphatic heterocycles. The largest absolute Gasteiger partial charge is 0.381 e. The molecule has 0 spiro atoms. The third-order valence-corrected chi connectivity index (χ3v) is 2.60. The third kappa shape index (κ3) is 4.48. The molecule has 1 aliphatic carbocycles. The van der Waals surface area contributed by atoms with E-state index in [1.807, 2.05) is 0 Å². The van der Waals surface area contributed by atoms with E-state index in [1.54, 1.807) is 0 Å². The van der Waals surface area contributed by atoms with Crippen molar-refractivity contribution >= 4 is 0 Å². The van der Waals surface area contributed by atoms with Crippen molar-refractivity contribution < 1.29 is 4.74 Å². The standard InChI is InChI=1S/C13H19O/c1-4-11(2)7-9-14-10-8-12(3)13-5-6-13/h1,5-6,11-12H,7-10H2,2-3H3/t11-,12+/m0/s1. The second kappa shape index (κ2) is 5.88. The molecule has 0 fully saturated rings. The molecule has 0 aromatic heterocycles. The molecular formula is C13H19O. The predicted octanol–water partition coefficient (Wildman–Crippen LogP) is 2.83. The van der Waals surface area contributed by atoms with Crippen LogP contribution in [0.15, 0.2) is 11.6 Å². The van der Waals surface area contributed by atoms with Gasteiger partial charge >= 0.3 is 0 Å². The van der Waals surface area contributed by atoms with Gasteiger partial charge in [0.05, 0.1) is 0 Å². The van der Waals surface area contributed by atoms with Crippen LogP contribution in [0.5, 0.6) is 0 Å². The number of ether oxygens (including phenoxy) is 1. The van der Waals surface area contributed by atoms with Crippen molar-refractivity contribution in [2.75, 3.05) is 13.2 Å². The first-order chi connectivity index (χ1) is 6.74. The lowest BCUT2D eigenvalue weighted by atomic mass is 10.1. The summed E-state index contributed by atoms with van der Waals surface area (Å²) in [6, 6.07) is 0. The van der Waals surface area contributed by atoms with Crippen molar-refractivity contribution in [3.05, 3.63) is 18.1 Å². The fraction of sp³-hybridized carbons (Fsp3) is 0.615. The molecule has 2 atom stereocenters. The molecule has 1 rings (SSSR count). The highest BCUT2D eigenvalue weighted by Crippen LogP contribution is 2.28. The summed E-state index contributed by atoms with van der Waals surface area (Å²) < 4.78 is 5.52. The molecule has 0 N–H and O–H groups in total. The van der Waals surface area contributed by atoms with Crippen LogP contribution in [0.1, 0.15) is 26.7 Å². The number of hydrogen-bond acceptors (Lipinski definition) is 1. The molecular weight excluding hydrogens is 172 g/mol. The highest BCUT2D eigenvalue weighted by Gasteiger charge is 2.15. The monoisotopic (exact) mass is 191 g/mol. The lowest BCUT2D eigenvalue weighted by molar-refractivity contribution is 0.118. The van der Waals surface area contributed by atoms with Crippen molar-refractivity contribution in [1.82, 2.24) is 0 Å². The van der Waals surface area contributed by atoms with E-state index in [1.165, 1.54) is 5.57 Å². The summed E-state index contributed by atoms with van der Waals surface area (Å²) in [4.78, 5) is 0. The van der Waals surface area contributed by atoms with Crippen LogP contribution >= 0.6 is 0 Å². The van der Waals surface area contributed by atoms with Gasteiger partial charge in [-0.25, -0.2) is 0 Å². The van der Waals surface area contributed by atoms with Gasteiger partial charge in [-0.05, 0) is 18.8 Å². The molecule has 1 nitrogen and oxygen atoms in total. The van der Waals surface area contributed by atoms with Gasteiger partial charge in [0.2, 0.25) is 0 Å². The van der Waals surface area contributed by atoms with Crippen molar-refractivity contribution in [2.45, 2.75) is 26.7 Å². The summed E-state index contributed by atoms with van der Waals surface area (Å²) in [6.45, 7) is 5.93. The van der Waals surface area contributed by atoms with Gasteiger partial charge in [-0.1, -0.05) is 25.5 Å². The Labute approximate surface area is 87.5 Å². The minimum Gasteiger partial charge on any atom is -0.381 e. The Hall–Kier alpha value is -0.740. The Kier molecular flexibility index (Phi) is 4.76. The first-order valence-corrected chi connectivity index (χ1v) is 5.33. The quantitative estimate of drug-likeness (QED) is 0.444. The summed E-state index contributed by atoms with van der Waals surface area (Å²) >= 11 is 0. The molecule has 0 amide bonds. The van der Waals surface area contributed by atoms with Crippen LogP contribution in [-0.2, 0) is 4.74 Å². The van der Waals surface area contributed by atoms with Gasteiger partial charge in [-0.2, -0.15) is 0 Å². The fourth-order valence-electron chi connectivity index (χ4n) is 1.25. The number of allylic oxidation sites excluding steroid dienone is 2. The van der Waals surface area contributed by atoms with Crippen molar-refractivity contribution in [1.29, 1.82) is 0 Å². The number of rotatable bonds is 7. The molecule has 0 unspecified atom stereocenters. The molecule has 1 aliphatic rings. The maximum absolute atomic E-state index is 5.52. The van der Waals surface area contributed by atoms with Crippen molar-refractivity contribution in [3.63, 3.8) is 0 Å². The Morgan fingerprint density at radius 1 is 1.36 bits per heavy atom. The number of terminal acetylenes is 1. The topological polar surface area (TPSA) is 9.23 Å². The Balaban J connectivity index is 1.89. The summed E-state index contributed by atoms with van der Waals surface area (Å²) in [5.74, 6) is 3.71. The van der Waals surface area contributed by atoms with Gasteiger partial charge in [0.1, 0.15) is 0 Å². The first kappa shape index (κ1) is 11.3. The second-order valence-electron chi connectivity index (χ2n) is 3.99. The zero-order chi connectivity index (χ0) is 10.4. The SMILES string of the molecule is C#C[C@H](C)CCOCC[C@@H](C)C1=C[CH]1. The summed E-state index contributed by atoms with van der Waals surface area (Å²) in [6.07, 6.45) is 11.7. The van der Waals surface area contributed by atoms with Crippen LogP contribution < -0.4 is 0 Å². The van der Waals surface area contributed by atoms with Crippen LogP contribution in [0.25, 0.3) is 0 Å². The zero-order valence-electron chi connectivity index (χ0n) is 9.12. The van der Waals surface area contributed by atoms with Crippen molar-refractivity contribution in [3.8, 4) is 12.3 Å². The van der Waals surface area contributed by atoms with Gasteiger partial charge in [0.25, 0.3) is 0 Å². The van der Waals surface area contributed by atoms with E-state index in [-0.39, 0.29) is 0 Å². The predicted molar refractivity (Wildman–Crippen MR) is 59.6 cm³/mol. The lowest BCUT2D eigenvalue weighted by Gasteiger charge is -2.09. The van der Waals surface area contributed by atoms with Gasteiger partial charge in [-0.15, -0.1) is 12.3 Å². The smallest absolute Gasteiger partial charge is 0.0477 e. The van der Waals surface area contributed by atoms with Gasteiger partial charge in [0, 0.05) is 25.6 Å². The summed E-state index contributed by atoms with van der Waals surface area (Å²) in [5.41, 5.74) is 1.48. The van der Waals surface area contributed by atoms with E-state index < -0.39 is 0 Å². The number of hydrogen-bond donors (Lipinski definition) is 0. The summed E-state index contributed by atoms with van der Waals surface area (Å²) in [7, 11) is 0. The lowest BCUT2D eigenvalue weighted by Crippen LogP contribution is -2.04. The third-order valence-electron chi connectivity index (χ3n) is 2.60. The van der Waals surface area contributed by atoms with Gasteiger partial charge in [0.15, 0.2) is 0 Å². The molecule has 0 saturated carbocycles. The molecule has 0 saturated heterocycles. The van der Waals surface area contributed by atoms with Crippen LogP contribution in [0.3, 0.4) is 0 Å². The van der Waals surface area contributed by atoms with Gasteiger partial charge < -0.3 is 4.74 Å². The minimum atomic E-state index is 0.340. The molecule has 14 heavy (non-hydrogen) atoms. The minimum absolute atomic E-state index is 0.340. The average molecular weight is 191 g/mol. The van der Waals surface area contributed by atoms with Crippen LogP contribution in [-0.4, -0.2) is 13.2 Å². The Morgan fingerprint density at radius 3 is 2.57 bits per heavy atom. The molecule has 0 aromatic carbocycles. The van der Waals surface area contributed by atoms with E-state index in [2.05, 4.69) is 32.3 Å². The molecule has 0 aromatic rings. The maximum atomic E-state index is 5.52. The Morgan fingerprint density at radius 2 is 2.00 bits per heavy atom. The van der Waals surface area contributed by atoms with Crippen LogP contribution in [0, 0.1) is 30.6 Å². The normalized spacial score (nSPS) is 18.2. The molecule has 1 radical (unpaired) electrons. The van der Waals surface area contributed by atoms with Crippen LogP contribution in [0.4, 0.5) is 0 Å². The van der Waals surface area contributed by atoms with Crippen LogP contribution in [0.2, 0.25) is 0 Å².